The van der Waals surface area contributed by atoms with Gasteiger partial charge in [-0.3, -0.25) is 9.59 Å². The van der Waals surface area contributed by atoms with E-state index in [4.69, 9.17) is 31.4 Å². The van der Waals surface area contributed by atoms with Crippen LogP contribution in [0.4, 0.5) is 4.39 Å². The minimum Gasteiger partial charge on any atom is -0.466 e. The largest absolute Gasteiger partial charge is 0.466 e. The molecule has 0 bridgehead atoms. The van der Waals surface area contributed by atoms with Crippen LogP contribution < -0.4 is 0 Å². The zero-order chi connectivity index (χ0) is 27.4. The van der Waals surface area contributed by atoms with E-state index in [1.54, 1.807) is 26.0 Å². The zero-order valence-electron chi connectivity index (χ0n) is 21.6. The van der Waals surface area contributed by atoms with E-state index in [1.165, 1.54) is 19.9 Å². The Hall–Kier alpha value is -3.66. The smallest absolute Gasteiger partial charge is 0.355 e. The molecule has 0 saturated heterocycles. The van der Waals surface area contributed by atoms with Crippen LogP contribution in [-0.2, 0) is 53.8 Å². The summed E-state index contributed by atoms with van der Waals surface area (Å²) in [6.07, 6.45) is 1.32. The van der Waals surface area contributed by atoms with Crippen LogP contribution in [0.2, 0.25) is 0 Å². The van der Waals surface area contributed by atoms with Gasteiger partial charge in [0.1, 0.15) is 17.1 Å². The minimum absolute atomic E-state index is 0.0261. The van der Waals surface area contributed by atoms with Gasteiger partial charge in [0.15, 0.2) is 0 Å². The minimum atomic E-state index is -1.61. The SMILES string of the molecule is CC[C@@]1(OC(C)=O)C(=O)OCc2c1cc1n(c2=S)Cc2c-1nc1cc(F)c(C)cc1c2CCCOC(C)=O. The Kier molecular flexibility index (Phi) is 6.54. The molecule has 5 rings (SSSR count). The van der Waals surface area contributed by atoms with Crippen molar-refractivity contribution in [3.63, 3.8) is 0 Å². The van der Waals surface area contributed by atoms with Gasteiger partial charge in [-0.2, -0.15) is 0 Å². The number of aryl methyl sites for hydroxylation is 2. The molecule has 0 unspecified atom stereocenters. The molecule has 8 nitrogen and oxygen atoms in total. The maximum atomic E-state index is 14.6. The van der Waals surface area contributed by atoms with E-state index >= 15 is 0 Å². The number of halogens is 1. The number of cyclic esters (lactones) is 1. The molecule has 3 aromatic rings. The number of hydrogen-bond acceptors (Lipinski definition) is 8. The number of nitrogens with zero attached hydrogens (tertiary/aromatic N) is 2. The van der Waals surface area contributed by atoms with Gasteiger partial charge in [0.05, 0.1) is 30.1 Å². The number of fused-ring (bicyclic) bond motifs is 5. The molecule has 2 aliphatic rings. The Morgan fingerprint density at radius 3 is 2.66 bits per heavy atom. The van der Waals surface area contributed by atoms with E-state index in [2.05, 4.69) is 0 Å². The summed E-state index contributed by atoms with van der Waals surface area (Å²) in [5.41, 5.74) is 3.69. The summed E-state index contributed by atoms with van der Waals surface area (Å²) in [6.45, 7) is 6.73. The van der Waals surface area contributed by atoms with Gasteiger partial charge in [0, 0.05) is 42.0 Å². The van der Waals surface area contributed by atoms with Crippen LogP contribution >= 0.6 is 12.2 Å². The highest BCUT2D eigenvalue weighted by Crippen LogP contribution is 2.44. The Morgan fingerprint density at radius 1 is 1.21 bits per heavy atom. The van der Waals surface area contributed by atoms with Gasteiger partial charge >= 0.3 is 17.9 Å². The average molecular weight is 539 g/mol. The van der Waals surface area contributed by atoms with Crippen molar-refractivity contribution in [1.82, 2.24) is 9.55 Å². The van der Waals surface area contributed by atoms with Crippen LogP contribution in [0.5, 0.6) is 0 Å². The van der Waals surface area contributed by atoms with Crippen LogP contribution in [0.25, 0.3) is 22.3 Å². The van der Waals surface area contributed by atoms with E-state index < -0.39 is 17.5 Å². The second-order valence-electron chi connectivity index (χ2n) is 9.64. The maximum absolute atomic E-state index is 14.6. The number of ether oxygens (including phenoxy) is 3. The van der Waals surface area contributed by atoms with Gasteiger partial charge in [0.2, 0.25) is 5.60 Å². The molecular formula is C28H27FN2O6S. The summed E-state index contributed by atoms with van der Waals surface area (Å²) in [7, 11) is 0. The molecule has 0 fully saturated rings. The molecule has 2 aliphatic heterocycles. The first-order valence-electron chi connectivity index (χ1n) is 12.5. The van der Waals surface area contributed by atoms with Crippen LogP contribution in [0.15, 0.2) is 18.2 Å². The van der Waals surface area contributed by atoms with E-state index in [0.29, 0.717) is 57.6 Å². The number of benzene rings is 1. The maximum Gasteiger partial charge on any atom is 0.355 e. The van der Waals surface area contributed by atoms with Crippen molar-refractivity contribution < 1.29 is 33.0 Å². The van der Waals surface area contributed by atoms with Crippen molar-refractivity contribution >= 4 is 41.0 Å². The standard InChI is InChI=1S/C28H27FN2O6S/c1-5-28(37-16(4)33)21-10-24-25-19(12-31(24)26(38)20(21)13-36-27(28)34)17(7-6-8-35-15(3)32)18-9-14(2)22(29)11-23(18)30-25/h9-11H,5-8,12-13H2,1-4H3/t28-/m0/s1. The molecule has 198 valence electrons. The van der Waals surface area contributed by atoms with Crippen LogP contribution in [0.3, 0.4) is 0 Å². The Bertz CT molecular complexity index is 1600. The molecule has 1 aromatic carbocycles. The molecule has 2 aromatic heterocycles. The summed E-state index contributed by atoms with van der Waals surface area (Å²) in [5, 5.41) is 0.830. The second kappa shape index (κ2) is 9.58. The molecular weight excluding hydrogens is 511 g/mol. The van der Waals surface area contributed by atoms with Crippen LogP contribution in [-0.4, -0.2) is 34.1 Å². The summed E-state index contributed by atoms with van der Waals surface area (Å²) in [4.78, 5) is 41.1. The number of rotatable bonds is 6. The molecule has 10 heteroatoms. The summed E-state index contributed by atoms with van der Waals surface area (Å²) in [5.74, 6) is -1.96. The zero-order valence-corrected chi connectivity index (χ0v) is 22.4. The number of pyridine rings is 2. The number of hydrogen-bond donors (Lipinski definition) is 0. The predicted molar refractivity (Wildman–Crippen MR) is 138 cm³/mol. The molecule has 0 aliphatic carbocycles. The van der Waals surface area contributed by atoms with Crippen LogP contribution in [0, 0.1) is 17.4 Å². The van der Waals surface area contributed by atoms with E-state index in [9.17, 15) is 18.8 Å². The second-order valence-corrected chi connectivity index (χ2v) is 10.0. The lowest BCUT2D eigenvalue weighted by Gasteiger charge is -2.35. The van der Waals surface area contributed by atoms with E-state index in [1.807, 2.05) is 4.57 Å². The Morgan fingerprint density at radius 2 is 1.97 bits per heavy atom. The van der Waals surface area contributed by atoms with Gasteiger partial charge in [-0.1, -0.05) is 19.1 Å². The van der Waals surface area contributed by atoms with Gasteiger partial charge in [-0.25, -0.2) is 14.2 Å². The first-order valence-corrected chi connectivity index (χ1v) is 12.9. The topological polar surface area (TPSA) is 96.7 Å². The average Bonchev–Trinajstić information content (AvgIpc) is 3.22. The lowest BCUT2D eigenvalue weighted by atomic mass is 9.85. The van der Waals surface area contributed by atoms with Crippen molar-refractivity contribution in [2.24, 2.45) is 0 Å². The number of aromatic nitrogens is 2. The first kappa shape index (κ1) is 26.0. The Balaban J connectivity index is 1.73. The van der Waals surface area contributed by atoms with Gasteiger partial charge in [-0.05, 0) is 49.4 Å². The molecule has 0 N–H and O–H groups in total. The summed E-state index contributed by atoms with van der Waals surface area (Å²) < 4.78 is 33.2. The fourth-order valence-electron chi connectivity index (χ4n) is 5.44. The third kappa shape index (κ3) is 4.07. The van der Waals surface area contributed by atoms with Gasteiger partial charge < -0.3 is 18.8 Å². The predicted octanol–water partition coefficient (Wildman–Crippen LogP) is 4.96. The van der Waals surface area contributed by atoms with Crippen molar-refractivity contribution in [3.05, 3.63) is 56.5 Å². The van der Waals surface area contributed by atoms with E-state index in [-0.39, 0.29) is 31.4 Å². The molecule has 0 spiro atoms. The van der Waals surface area contributed by atoms with Crippen molar-refractivity contribution in [2.75, 3.05) is 6.61 Å². The van der Waals surface area contributed by atoms with Crippen molar-refractivity contribution in [3.8, 4) is 11.4 Å². The third-order valence-electron chi connectivity index (χ3n) is 7.25. The molecule has 0 saturated carbocycles. The fraction of sp³-hybridized carbons (Fsp3) is 0.393. The third-order valence-corrected chi connectivity index (χ3v) is 7.72. The van der Waals surface area contributed by atoms with Crippen LogP contribution in [0.1, 0.15) is 61.4 Å². The molecule has 0 radical (unpaired) electrons. The highest BCUT2D eigenvalue weighted by atomic mass is 32.1. The first-order chi connectivity index (χ1) is 18.1. The van der Waals surface area contributed by atoms with Gasteiger partial charge in [0.25, 0.3) is 0 Å². The monoisotopic (exact) mass is 538 g/mol. The number of esters is 3. The Labute approximate surface area is 223 Å². The molecule has 1 atom stereocenters. The van der Waals surface area contributed by atoms with Gasteiger partial charge in [-0.15, -0.1) is 0 Å². The molecule has 38 heavy (non-hydrogen) atoms. The quantitative estimate of drug-likeness (QED) is 0.147. The normalized spacial score (nSPS) is 17.4. The lowest BCUT2D eigenvalue weighted by molar-refractivity contribution is -0.188. The highest BCUT2D eigenvalue weighted by molar-refractivity contribution is 7.71. The lowest BCUT2D eigenvalue weighted by Crippen LogP contribution is -2.45. The highest BCUT2D eigenvalue weighted by Gasteiger charge is 2.49. The van der Waals surface area contributed by atoms with Crippen molar-refractivity contribution in [1.29, 1.82) is 0 Å². The summed E-state index contributed by atoms with van der Waals surface area (Å²) >= 11 is 5.87. The number of carbonyl (C=O) groups excluding carboxylic acids is 3. The fourth-order valence-corrected chi connectivity index (χ4v) is 5.78. The molecule has 4 heterocycles. The summed E-state index contributed by atoms with van der Waals surface area (Å²) in [6, 6.07) is 5.01. The van der Waals surface area contributed by atoms with Crippen molar-refractivity contribution in [2.45, 2.75) is 65.7 Å². The number of carbonyl (C=O) groups is 3. The molecule has 0 amide bonds. The van der Waals surface area contributed by atoms with E-state index in [0.717, 1.165) is 16.5 Å².